The summed E-state index contributed by atoms with van der Waals surface area (Å²) in [5, 5.41) is 17.4. The number of hydrogen-bond donors (Lipinski definition) is 1. The second-order valence-corrected chi connectivity index (χ2v) is 5.17. The molecule has 1 N–H and O–H groups in total. The predicted octanol–water partition coefficient (Wildman–Crippen LogP) is 1.61. The Labute approximate surface area is 117 Å². The number of aromatic nitrogens is 3. The number of nitrogens with zero attached hydrogens (tertiary/aromatic N) is 4. The number of carbonyl (C=O) groups is 1. The van der Waals surface area contributed by atoms with Crippen molar-refractivity contribution in [3.8, 4) is 0 Å². The normalized spacial score (nSPS) is 19.8. The molecule has 1 aliphatic heterocycles. The molecule has 0 saturated carbocycles. The van der Waals surface area contributed by atoms with Gasteiger partial charge in [0.2, 0.25) is 0 Å². The molecular formula is C14H18N4O2. The third kappa shape index (κ3) is 2.16. The van der Waals surface area contributed by atoms with Crippen LogP contribution in [0.3, 0.4) is 0 Å². The summed E-state index contributed by atoms with van der Waals surface area (Å²) >= 11 is 0. The Balaban J connectivity index is 1.93. The highest BCUT2D eigenvalue weighted by molar-refractivity contribution is 6.00. The molecule has 0 radical (unpaired) electrons. The molecule has 1 atom stereocenters. The zero-order valence-electron chi connectivity index (χ0n) is 11.5. The van der Waals surface area contributed by atoms with Gasteiger partial charge in [0.15, 0.2) is 0 Å². The van der Waals surface area contributed by atoms with Gasteiger partial charge >= 0.3 is 5.97 Å². The van der Waals surface area contributed by atoms with Crippen LogP contribution in [0.25, 0.3) is 11.0 Å². The van der Waals surface area contributed by atoms with Crippen molar-refractivity contribution in [3.05, 3.63) is 23.8 Å². The van der Waals surface area contributed by atoms with Crippen LogP contribution in [0, 0.1) is 0 Å². The van der Waals surface area contributed by atoms with Gasteiger partial charge in [0.25, 0.3) is 0 Å². The molecule has 1 unspecified atom stereocenters. The molecule has 2 heterocycles. The molecule has 106 valence electrons. The number of aromatic carboxylic acids is 1. The molecule has 3 rings (SSSR count). The molecule has 0 bridgehead atoms. The van der Waals surface area contributed by atoms with Crippen molar-refractivity contribution in [1.29, 1.82) is 0 Å². The number of carboxylic acid groups (broad SMARTS) is 1. The summed E-state index contributed by atoms with van der Waals surface area (Å²) in [5.41, 5.74) is 1.49. The Kier molecular flexibility index (Phi) is 3.40. The maximum Gasteiger partial charge on any atom is 0.338 e. The largest absolute Gasteiger partial charge is 0.478 e. The minimum atomic E-state index is -0.960. The highest BCUT2D eigenvalue weighted by Gasteiger charge is 2.24. The van der Waals surface area contributed by atoms with Crippen LogP contribution in [0.15, 0.2) is 18.2 Å². The molecule has 1 aliphatic rings. The van der Waals surface area contributed by atoms with Crippen LogP contribution in [0.1, 0.15) is 30.1 Å². The molecule has 1 aromatic heterocycles. The standard InChI is InChI=1S/C14H18N4O2/c1-2-17-8-4-5-10(17)9-18-12-7-3-6-11(14(19)20)13(12)15-16-18/h3,6-7,10H,2,4-5,8-9H2,1H3,(H,19,20). The average molecular weight is 274 g/mol. The molecule has 0 spiro atoms. The highest BCUT2D eigenvalue weighted by atomic mass is 16.4. The molecule has 1 fully saturated rings. The SMILES string of the molecule is CCN1CCCC1Cn1nnc2c(C(=O)O)cccc21. The van der Waals surface area contributed by atoms with E-state index in [2.05, 4.69) is 22.1 Å². The van der Waals surface area contributed by atoms with Crippen molar-refractivity contribution in [2.24, 2.45) is 0 Å². The molecule has 6 nitrogen and oxygen atoms in total. The maximum atomic E-state index is 11.2. The van der Waals surface area contributed by atoms with E-state index in [0.717, 1.165) is 31.6 Å². The second kappa shape index (κ2) is 5.20. The van der Waals surface area contributed by atoms with Gasteiger partial charge in [0, 0.05) is 6.04 Å². The first kappa shape index (κ1) is 13.1. The summed E-state index contributed by atoms with van der Waals surface area (Å²) in [6.07, 6.45) is 2.37. The van der Waals surface area contributed by atoms with E-state index < -0.39 is 5.97 Å². The third-order valence-corrected chi connectivity index (χ3v) is 4.06. The first-order valence-corrected chi connectivity index (χ1v) is 7.00. The van der Waals surface area contributed by atoms with Gasteiger partial charge in [-0.3, -0.25) is 4.90 Å². The summed E-state index contributed by atoms with van der Waals surface area (Å²) in [6, 6.07) is 5.67. The van der Waals surface area contributed by atoms with Crippen LogP contribution in [-0.2, 0) is 6.54 Å². The van der Waals surface area contributed by atoms with Gasteiger partial charge in [-0.2, -0.15) is 0 Å². The van der Waals surface area contributed by atoms with E-state index in [1.807, 2.05) is 10.7 Å². The summed E-state index contributed by atoms with van der Waals surface area (Å²) in [5.74, 6) is -0.960. The first-order chi connectivity index (χ1) is 9.70. The van der Waals surface area contributed by atoms with E-state index in [9.17, 15) is 9.90 Å². The van der Waals surface area contributed by atoms with E-state index in [-0.39, 0.29) is 5.56 Å². The number of likely N-dealkylation sites (tertiary alicyclic amines) is 1. The number of fused-ring (bicyclic) bond motifs is 1. The quantitative estimate of drug-likeness (QED) is 0.917. The predicted molar refractivity (Wildman–Crippen MR) is 74.8 cm³/mol. The second-order valence-electron chi connectivity index (χ2n) is 5.17. The van der Waals surface area contributed by atoms with Gasteiger partial charge in [-0.05, 0) is 38.1 Å². The Bertz CT molecular complexity index is 637. The highest BCUT2D eigenvalue weighted by Crippen LogP contribution is 2.21. The molecule has 1 saturated heterocycles. The minimum Gasteiger partial charge on any atom is -0.478 e. The van der Waals surface area contributed by atoms with Gasteiger partial charge in [-0.25, -0.2) is 9.48 Å². The molecule has 0 aliphatic carbocycles. The van der Waals surface area contributed by atoms with E-state index >= 15 is 0 Å². The lowest BCUT2D eigenvalue weighted by molar-refractivity contribution is 0.0699. The minimum absolute atomic E-state index is 0.215. The van der Waals surface area contributed by atoms with E-state index in [4.69, 9.17) is 0 Å². The monoisotopic (exact) mass is 274 g/mol. The molecule has 6 heteroatoms. The van der Waals surface area contributed by atoms with Gasteiger partial charge in [-0.1, -0.05) is 18.2 Å². The first-order valence-electron chi connectivity index (χ1n) is 7.00. The fourth-order valence-electron chi connectivity index (χ4n) is 3.02. The lowest BCUT2D eigenvalue weighted by atomic mass is 10.1. The van der Waals surface area contributed by atoms with Crippen molar-refractivity contribution in [3.63, 3.8) is 0 Å². The smallest absolute Gasteiger partial charge is 0.338 e. The Morgan fingerprint density at radius 3 is 3.10 bits per heavy atom. The molecule has 0 amide bonds. The van der Waals surface area contributed by atoms with E-state index in [1.165, 1.54) is 6.42 Å². The van der Waals surface area contributed by atoms with E-state index in [0.29, 0.717) is 11.6 Å². The maximum absolute atomic E-state index is 11.2. The number of likely N-dealkylation sites (N-methyl/N-ethyl adjacent to an activating group) is 1. The summed E-state index contributed by atoms with van der Waals surface area (Å²) < 4.78 is 1.83. The van der Waals surface area contributed by atoms with Crippen molar-refractivity contribution >= 4 is 17.0 Å². The van der Waals surface area contributed by atoms with Gasteiger partial charge in [0.1, 0.15) is 5.52 Å². The summed E-state index contributed by atoms with van der Waals surface area (Å²) in [6.45, 7) is 5.11. The third-order valence-electron chi connectivity index (χ3n) is 4.06. The van der Waals surface area contributed by atoms with E-state index in [1.54, 1.807) is 12.1 Å². The van der Waals surface area contributed by atoms with Gasteiger partial charge < -0.3 is 5.11 Å². The number of carboxylic acids is 1. The van der Waals surface area contributed by atoms with Crippen molar-refractivity contribution < 1.29 is 9.90 Å². The number of benzene rings is 1. The van der Waals surface area contributed by atoms with Crippen LogP contribution in [0.2, 0.25) is 0 Å². The van der Waals surface area contributed by atoms with Crippen LogP contribution < -0.4 is 0 Å². The molecule has 20 heavy (non-hydrogen) atoms. The van der Waals surface area contributed by atoms with Crippen LogP contribution >= 0.6 is 0 Å². The van der Waals surface area contributed by atoms with Crippen LogP contribution in [0.4, 0.5) is 0 Å². The fraction of sp³-hybridized carbons (Fsp3) is 0.500. The zero-order valence-corrected chi connectivity index (χ0v) is 11.5. The van der Waals surface area contributed by atoms with Crippen LogP contribution in [-0.4, -0.2) is 50.1 Å². The number of hydrogen-bond acceptors (Lipinski definition) is 4. The Morgan fingerprint density at radius 2 is 2.35 bits per heavy atom. The lowest BCUT2D eigenvalue weighted by Crippen LogP contribution is -2.33. The van der Waals surface area contributed by atoms with Crippen molar-refractivity contribution in [2.45, 2.75) is 32.4 Å². The Morgan fingerprint density at radius 1 is 1.50 bits per heavy atom. The summed E-state index contributed by atoms with van der Waals surface area (Å²) in [4.78, 5) is 13.6. The van der Waals surface area contributed by atoms with Crippen molar-refractivity contribution in [1.82, 2.24) is 19.9 Å². The zero-order chi connectivity index (χ0) is 14.1. The van der Waals surface area contributed by atoms with Gasteiger partial charge in [-0.15, -0.1) is 5.10 Å². The summed E-state index contributed by atoms with van der Waals surface area (Å²) in [7, 11) is 0. The van der Waals surface area contributed by atoms with Crippen molar-refractivity contribution in [2.75, 3.05) is 13.1 Å². The van der Waals surface area contributed by atoms with Gasteiger partial charge in [0.05, 0.1) is 17.6 Å². The molecular weight excluding hydrogens is 256 g/mol. The fourth-order valence-corrected chi connectivity index (χ4v) is 3.02. The average Bonchev–Trinajstić information content (AvgIpc) is 3.06. The molecule has 1 aromatic carbocycles. The lowest BCUT2D eigenvalue weighted by Gasteiger charge is -2.22. The molecule has 2 aromatic rings. The van der Waals surface area contributed by atoms with Crippen LogP contribution in [0.5, 0.6) is 0 Å². The Hall–Kier alpha value is -1.95. The topological polar surface area (TPSA) is 71.2 Å². The number of rotatable bonds is 4.